The van der Waals surface area contributed by atoms with Crippen molar-refractivity contribution in [2.24, 2.45) is 0 Å². The topological polar surface area (TPSA) is 67.2 Å². The van der Waals surface area contributed by atoms with Crippen molar-refractivity contribution in [2.75, 3.05) is 19.4 Å². The van der Waals surface area contributed by atoms with Gasteiger partial charge in [0.15, 0.2) is 0 Å². The fourth-order valence-corrected chi connectivity index (χ4v) is 4.18. The SMILES string of the molecule is Cc1nn(-c2ccc(F)cc2)c2sc(C(=O)Nc3cccc(C(=O)N(C)C)c3)cc12. The Morgan fingerprint density at radius 1 is 1.10 bits per heavy atom. The highest BCUT2D eigenvalue weighted by molar-refractivity contribution is 7.20. The summed E-state index contributed by atoms with van der Waals surface area (Å²) in [7, 11) is 3.36. The number of amides is 2. The number of hydrogen-bond donors (Lipinski definition) is 1. The third kappa shape index (κ3) is 3.69. The fraction of sp³-hybridized carbons (Fsp3) is 0.136. The molecule has 0 aliphatic heterocycles. The Labute approximate surface area is 176 Å². The number of anilines is 1. The molecule has 0 unspecified atom stereocenters. The molecule has 2 heterocycles. The summed E-state index contributed by atoms with van der Waals surface area (Å²) in [4.78, 5) is 27.8. The molecule has 0 bridgehead atoms. The number of carbonyl (C=O) groups is 2. The third-order valence-electron chi connectivity index (χ3n) is 4.61. The maximum absolute atomic E-state index is 13.3. The van der Waals surface area contributed by atoms with Gasteiger partial charge in [0.2, 0.25) is 0 Å². The number of aryl methyl sites for hydroxylation is 1. The molecule has 0 spiro atoms. The Hall–Kier alpha value is -3.52. The molecule has 1 N–H and O–H groups in total. The number of benzene rings is 2. The Bertz CT molecular complexity index is 1260. The minimum Gasteiger partial charge on any atom is -0.345 e. The van der Waals surface area contributed by atoms with Gasteiger partial charge >= 0.3 is 0 Å². The molecule has 2 aromatic carbocycles. The molecule has 0 aliphatic carbocycles. The summed E-state index contributed by atoms with van der Waals surface area (Å²) in [5.41, 5.74) is 2.54. The number of rotatable bonds is 4. The largest absolute Gasteiger partial charge is 0.345 e. The molecule has 30 heavy (non-hydrogen) atoms. The van der Waals surface area contributed by atoms with Crippen LogP contribution >= 0.6 is 11.3 Å². The normalized spacial score (nSPS) is 10.9. The number of aromatic nitrogens is 2. The molecule has 4 rings (SSSR count). The van der Waals surface area contributed by atoms with Gasteiger partial charge in [0.25, 0.3) is 11.8 Å². The second-order valence-corrected chi connectivity index (χ2v) is 8.07. The maximum Gasteiger partial charge on any atom is 0.265 e. The summed E-state index contributed by atoms with van der Waals surface area (Å²) in [6.07, 6.45) is 0. The minimum atomic E-state index is -0.319. The van der Waals surface area contributed by atoms with E-state index in [2.05, 4.69) is 10.4 Å². The third-order valence-corrected chi connectivity index (χ3v) is 5.72. The molecule has 0 fully saturated rings. The fourth-order valence-electron chi connectivity index (χ4n) is 3.10. The van der Waals surface area contributed by atoms with E-state index in [1.807, 2.05) is 6.92 Å². The van der Waals surface area contributed by atoms with Crippen LogP contribution in [0.3, 0.4) is 0 Å². The monoisotopic (exact) mass is 422 g/mol. The molecule has 152 valence electrons. The molecule has 6 nitrogen and oxygen atoms in total. The summed E-state index contributed by atoms with van der Waals surface area (Å²) in [5.74, 6) is -0.723. The number of thiophene rings is 1. The van der Waals surface area contributed by atoms with Gasteiger partial charge in [0, 0.05) is 30.7 Å². The van der Waals surface area contributed by atoms with E-state index in [9.17, 15) is 14.0 Å². The highest BCUT2D eigenvalue weighted by Crippen LogP contribution is 2.31. The van der Waals surface area contributed by atoms with Gasteiger partial charge < -0.3 is 10.2 Å². The Morgan fingerprint density at radius 2 is 1.83 bits per heavy atom. The molecule has 0 aliphatic rings. The zero-order chi connectivity index (χ0) is 21.4. The van der Waals surface area contributed by atoms with Crippen LogP contribution in [-0.4, -0.2) is 40.6 Å². The van der Waals surface area contributed by atoms with Crippen molar-refractivity contribution in [3.05, 3.63) is 76.5 Å². The Balaban J connectivity index is 1.63. The zero-order valence-corrected chi connectivity index (χ0v) is 17.5. The van der Waals surface area contributed by atoms with E-state index in [1.165, 1.54) is 28.4 Å². The second-order valence-electron chi connectivity index (χ2n) is 7.04. The summed E-state index contributed by atoms with van der Waals surface area (Å²) < 4.78 is 15.0. The van der Waals surface area contributed by atoms with Crippen molar-refractivity contribution in [3.63, 3.8) is 0 Å². The number of fused-ring (bicyclic) bond motifs is 1. The van der Waals surface area contributed by atoms with Gasteiger partial charge in [-0.15, -0.1) is 11.3 Å². The van der Waals surface area contributed by atoms with Crippen LogP contribution in [0.1, 0.15) is 25.7 Å². The molecule has 0 saturated heterocycles. The molecule has 4 aromatic rings. The van der Waals surface area contributed by atoms with Crippen LogP contribution in [0.5, 0.6) is 0 Å². The summed E-state index contributed by atoms with van der Waals surface area (Å²) in [5, 5.41) is 8.23. The first kappa shape index (κ1) is 19.8. The van der Waals surface area contributed by atoms with Gasteiger partial charge in [-0.1, -0.05) is 6.07 Å². The summed E-state index contributed by atoms with van der Waals surface area (Å²) in [6.45, 7) is 1.87. The number of nitrogens with one attached hydrogen (secondary N) is 1. The minimum absolute atomic E-state index is 0.136. The van der Waals surface area contributed by atoms with Crippen molar-refractivity contribution in [3.8, 4) is 5.69 Å². The van der Waals surface area contributed by atoms with Gasteiger partial charge in [-0.25, -0.2) is 9.07 Å². The average Bonchev–Trinajstić information content (AvgIpc) is 3.29. The zero-order valence-electron chi connectivity index (χ0n) is 16.6. The molecule has 8 heteroatoms. The lowest BCUT2D eigenvalue weighted by molar-refractivity contribution is 0.0827. The smallest absolute Gasteiger partial charge is 0.265 e. The number of halogens is 1. The molecular formula is C22H19FN4O2S. The van der Waals surface area contributed by atoms with Crippen molar-refractivity contribution < 1.29 is 14.0 Å². The van der Waals surface area contributed by atoms with Gasteiger partial charge in [0.05, 0.1) is 16.3 Å². The predicted octanol–water partition coefficient (Wildman–Crippen LogP) is 4.49. The van der Waals surface area contributed by atoms with Crippen molar-refractivity contribution in [2.45, 2.75) is 6.92 Å². The first-order valence-corrected chi connectivity index (χ1v) is 10.0. The van der Waals surface area contributed by atoms with Crippen LogP contribution in [0, 0.1) is 12.7 Å². The van der Waals surface area contributed by atoms with Crippen LogP contribution in [0.2, 0.25) is 0 Å². The highest BCUT2D eigenvalue weighted by Gasteiger charge is 2.18. The Kier molecular flexibility index (Phi) is 5.09. The average molecular weight is 422 g/mol. The molecule has 2 aromatic heterocycles. The molecule has 0 saturated carbocycles. The van der Waals surface area contributed by atoms with Gasteiger partial charge in [0.1, 0.15) is 10.6 Å². The van der Waals surface area contributed by atoms with E-state index in [4.69, 9.17) is 0 Å². The summed E-state index contributed by atoms with van der Waals surface area (Å²) in [6, 6.07) is 14.7. The van der Waals surface area contributed by atoms with Crippen LogP contribution in [0.15, 0.2) is 54.6 Å². The highest BCUT2D eigenvalue weighted by atomic mass is 32.1. The van der Waals surface area contributed by atoms with Crippen LogP contribution in [-0.2, 0) is 0 Å². The lowest BCUT2D eigenvalue weighted by atomic mass is 10.2. The first-order chi connectivity index (χ1) is 14.3. The summed E-state index contributed by atoms with van der Waals surface area (Å²) >= 11 is 1.31. The molecular weight excluding hydrogens is 403 g/mol. The lowest BCUT2D eigenvalue weighted by Gasteiger charge is -2.11. The number of carbonyl (C=O) groups excluding carboxylic acids is 2. The Morgan fingerprint density at radius 3 is 2.53 bits per heavy atom. The predicted molar refractivity (Wildman–Crippen MR) is 116 cm³/mol. The van der Waals surface area contributed by atoms with E-state index < -0.39 is 0 Å². The molecule has 0 atom stereocenters. The lowest BCUT2D eigenvalue weighted by Crippen LogP contribution is -2.21. The molecule has 2 amide bonds. The van der Waals surface area contributed by atoms with Crippen molar-refractivity contribution in [1.29, 1.82) is 0 Å². The quantitative estimate of drug-likeness (QED) is 0.527. The van der Waals surface area contributed by atoms with E-state index >= 15 is 0 Å². The van der Waals surface area contributed by atoms with E-state index in [1.54, 1.807) is 61.2 Å². The van der Waals surface area contributed by atoms with E-state index in [-0.39, 0.29) is 17.6 Å². The van der Waals surface area contributed by atoms with Gasteiger partial charge in [-0.05, 0) is 55.5 Å². The van der Waals surface area contributed by atoms with E-state index in [0.717, 1.165) is 21.6 Å². The van der Waals surface area contributed by atoms with Crippen molar-refractivity contribution in [1.82, 2.24) is 14.7 Å². The van der Waals surface area contributed by atoms with Crippen LogP contribution < -0.4 is 5.32 Å². The van der Waals surface area contributed by atoms with Gasteiger partial charge in [-0.2, -0.15) is 5.10 Å². The second kappa shape index (κ2) is 7.72. The van der Waals surface area contributed by atoms with Crippen molar-refractivity contribution >= 4 is 39.1 Å². The van der Waals surface area contributed by atoms with E-state index in [0.29, 0.717) is 16.1 Å². The maximum atomic E-state index is 13.3. The molecule has 0 radical (unpaired) electrons. The first-order valence-electron chi connectivity index (χ1n) is 9.21. The number of hydrogen-bond acceptors (Lipinski definition) is 4. The number of nitrogens with zero attached hydrogens (tertiary/aromatic N) is 3. The van der Waals surface area contributed by atoms with Crippen LogP contribution in [0.25, 0.3) is 15.9 Å². The van der Waals surface area contributed by atoms with Gasteiger partial charge in [-0.3, -0.25) is 9.59 Å². The standard InChI is InChI=1S/C22H19FN4O2S/c1-13-18-12-19(30-22(18)27(25-13)17-9-7-15(23)8-10-17)20(28)24-16-6-4-5-14(11-16)21(29)26(2)3/h4-12H,1-3H3,(H,24,28). The van der Waals surface area contributed by atoms with Crippen LogP contribution in [0.4, 0.5) is 10.1 Å².